The van der Waals surface area contributed by atoms with Gasteiger partial charge in [-0.3, -0.25) is 4.90 Å². The summed E-state index contributed by atoms with van der Waals surface area (Å²) in [7, 11) is 2.00. The van der Waals surface area contributed by atoms with Gasteiger partial charge in [0.1, 0.15) is 5.15 Å². The Kier molecular flexibility index (Phi) is 4.84. The monoisotopic (exact) mass is 287 g/mol. The fourth-order valence-electron chi connectivity index (χ4n) is 2.50. The summed E-state index contributed by atoms with van der Waals surface area (Å²) in [6, 6.07) is 1.88. The van der Waals surface area contributed by atoms with E-state index < -0.39 is 0 Å². The molecule has 2 heterocycles. The molecule has 0 amide bonds. The van der Waals surface area contributed by atoms with E-state index in [9.17, 15) is 0 Å². The fourth-order valence-corrected chi connectivity index (χ4v) is 3.15. The highest BCUT2D eigenvalue weighted by atomic mass is 35.5. The van der Waals surface area contributed by atoms with Crippen molar-refractivity contribution >= 4 is 23.2 Å². The summed E-state index contributed by atoms with van der Waals surface area (Å²) in [5.74, 6) is 0.728. The third kappa shape index (κ3) is 3.35. The molecule has 1 fully saturated rings. The first-order chi connectivity index (χ1) is 8.60. The van der Waals surface area contributed by atoms with Crippen molar-refractivity contribution in [2.75, 3.05) is 26.7 Å². The third-order valence-corrected chi connectivity index (χ3v) is 4.04. The van der Waals surface area contributed by atoms with Gasteiger partial charge >= 0.3 is 0 Å². The van der Waals surface area contributed by atoms with Crippen LogP contribution in [0.3, 0.4) is 0 Å². The molecule has 0 spiro atoms. The molecule has 1 aliphatic heterocycles. The van der Waals surface area contributed by atoms with Gasteiger partial charge in [-0.05, 0) is 45.5 Å². The van der Waals surface area contributed by atoms with Gasteiger partial charge in [0, 0.05) is 29.4 Å². The van der Waals surface area contributed by atoms with Crippen LogP contribution in [0.4, 0.5) is 0 Å². The Hall–Kier alpha value is -0.350. The van der Waals surface area contributed by atoms with Crippen molar-refractivity contribution < 1.29 is 0 Å². The van der Waals surface area contributed by atoms with Crippen LogP contribution in [0.25, 0.3) is 0 Å². The van der Waals surface area contributed by atoms with Crippen LogP contribution < -0.4 is 5.32 Å². The third-order valence-electron chi connectivity index (χ3n) is 3.39. The number of pyridine rings is 1. The van der Waals surface area contributed by atoms with E-state index in [-0.39, 0.29) is 0 Å². The van der Waals surface area contributed by atoms with Crippen molar-refractivity contribution in [2.45, 2.75) is 19.9 Å². The number of nitrogens with zero attached hydrogens (tertiary/aromatic N) is 2. The lowest BCUT2D eigenvalue weighted by Gasteiger charge is -2.17. The average molecular weight is 288 g/mol. The van der Waals surface area contributed by atoms with Gasteiger partial charge in [0.05, 0.1) is 0 Å². The maximum Gasteiger partial charge on any atom is 0.135 e. The molecule has 3 nitrogen and oxygen atoms in total. The number of hydrogen-bond acceptors (Lipinski definition) is 3. The van der Waals surface area contributed by atoms with Crippen LogP contribution in [-0.2, 0) is 6.54 Å². The van der Waals surface area contributed by atoms with E-state index in [1.54, 1.807) is 0 Å². The van der Waals surface area contributed by atoms with Crippen LogP contribution in [0.5, 0.6) is 0 Å². The molecule has 5 heteroatoms. The molecule has 0 aliphatic carbocycles. The molecule has 0 radical (unpaired) electrons. The highest BCUT2D eigenvalue weighted by molar-refractivity contribution is 6.35. The van der Waals surface area contributed by atoms with Crippen LogP contribution in [0.15, 0.2) is 6.07 Å². The number of likely N-dealkylation sites (tertiary alicyclic amines) is 1. The van der Waals surface area contributed by atoms with Gasteiger partial charge in [-0.25, -0.2) is 4.98 Å². The van der Waals surface area contributed by atoms with Gasteiger partial charge < -0.3 is 5.32 Å². The summed E-state index contributed by atoms with van der Waals surface area (Å²) in [6.45, 7) is 5.98. The second kappa shape index (κ2) is 6.20. The molecule has 0 bridgehead atoms. The van der Waals surface area contributed by atoms with Gasteiger partial charge in [0.15, 0.2) is 0 Å². The second-order valence-electron chi connectivity index (χ2n) is 4.96. The summed E-state index contributed by atoms with van der Waals surface area (Å²) in [5, 5.41) is 4.50. The zero-order valence-electron chi connectivity index (χ0n) is 10.8. The Labute approximate surface area is 118 Å². The number of rotatable bonds is 4. The van der Waals surface area contributed by atoms with E-state index in [2.05, 4.69) is 15.2 Å². The molecule has 0 saturated carbocycles. The Bertz CT molecular complexity index is 400. The van der Waals surface area contributed by atoms with Crippen molar-refractivity contribution in [1.29, 1.82) is 0 Å². The highest BCUT2D eigenvalue weighted by Crippen LogP contribution is 2.27. The second-order valence-corrected chi connectivity index (χ2v) is 5.73. The molecule has 100 valence electrons. The predicted octanol–water partition coefficient (Wildman–Crippen LogP) is 2.74. The minimum atomic E-state index is 0.539. The summed E-state index contributed by atoms with van der Waals surface area (Å²) in [5.41, 5.74) is 1.82. The summed E-state index contributed by atoms with van der Waals surface area (Å²) < 4.78 is 0. The lowest BCUT2D eigenvalue weighted by Crippen LogP contribution is -2.24. The van der Waals surface area contributed by atoms with E-state index in [0.29, 0.717) is 5.15 Å². The molecule has 1 aromatic heterocycles. The van der Waals surface area contributed by atoms with Crippen molar-refractivity contribution in [1.82, 2.24) is 15.2 Å². The SMILES string of the molecule is CNCC1CCN(Cc2c(Cl)cc(C)nc2Cl)C1. The normalized spacial score (nSPS) is 20.6. The van der Waals surface area contributed by atoms with Crippen molar-refractivity contribution in [3.05, 3.63) is 27.5 Å². The number of aryl methyl sites for hydroxylation is 1. The maximum atomic E-state index is 6.25. The Morgan fingerprint density at radius 1 is 1.50 bits per heavy atom. The van der Waals surface area contributed by atoms with Crippen LogP contribution in [0, 0.1) is 12.8 Å². The number of aromatic nitrogens is 1. The quantitative estimate of drug-likeness (QED) is 0.863. The zero-order valence-corrected chi connectivity index (χ0v) is 12.4. The Balaban J connectivity index is 2.02. The van der Waals surface area contributed by atoms with Crippen LogP contribution in [-0.4, -0.2) is 36.6 Å². The first kappa shape index (κ1) is 14.1. The lowest BCUT2D eigenvalue weighted by atomic mass is 10.1. The Morgan fingerprint density at radius 2 is 2.28 bits per heavy atom. The average Bonchev–Trinajstić information content (AvgIpc) is 2.72. The first-order valence-electron chi connectivity index (χ1n) is 6.28. The van der Waals surface area contributed by atoms with Crippen LogP contribution in [0.2, 0.25) is 10.2 Å². The predicted molar refractivity (Wildman–Crippen MR) is 76.3 cm³/mol. The molecule has 18 heavy (non-hydrogen) atoms. The molecule has 1 aromatic rings. The molecular formula is C13H19Cl2N3. The molecule has 1 unspecified atom stereocenters. The lowest BCUT2D eigenvalue weighted by molar-refractivity contribution is 0.315. The van der Waals surface area contributed by atoms with E-state index in [0.717, 1.165) is 48.4 Å². The van der Waals surface area contributed by atoms with Crippen molar-refractivity contribution in [3.8, 4) is 0 Å². The first-order valence-corrected chi connectivity index (χ1v) is 7.04. The fraction of sp³-hybridized carbons (Fsp3) is 0.615. The van der Waals surface area contributed by atoms with Gasteiger partial charge in [-0.2, -0.15) is 0 Å². The zero-order chi connectivity index (χ0) is 13.1. The highest BCUT2D eigenvalue weighted by Gasteiger charge is 2.23. The summed E-state index contributed by atoms with van der Waals surface area (Å²) in [4.78, 5) is 6.67. The van der Waals surface area contributed by atoms with E-state index in [4.69, 9.17) is 23.2 Å². The number of hydrogen-bond donors (Lipinski definition) is 1. The van der Waals surface area contributed by atoms with E-state index >= 15 is 0 Å². The molecule has 1 aliphatic rings. The minimum absolute atomic E-state index is 0.539. The van der Waals surface area contributed by atoms with Crippen LogP contribution >= 0.6 is 23.2 Å². The van der Waals surface area contributed by atoms with Crippen LogP contribution in [0.1, 0.15) is 17.7 Å². The van der Waals surface area contributed by atoms with Gasteiger partial charge in [-0.1, -0.05) is 23.2 Å². The molecule has 1 atom stereocenters. The Morgan fingerprint density at radius 3 is 2.94 bits per heavy atom. The number of halogens is 2. The van der Waals surface area contributed by atoms with Gasteiger partial charge in [0.25, 0.3) is 0 Å². The topological polar surface area (TPSA) is 28.2 Å². The van der Waals surface area contributed by atoms with E-state index in [1.807, 2.05) is 20.0 Å². The molecule has 2 rings (SSSR count). The molecule has 1 N–H and O–H groups in total. The van der Waals surface area contributed by atoms with Crippen molar-refractivity contribution in [2.24, 2.45) is 5.92 Å². The summed E-state index contributed by atoms with van der Waals surface area (Å²) in [6.07, 6.45) is 1.23. The standard InChI is InChI=1S/C13H19Cl2N3/c1-9-5-12(14)11(13(15)17-9)8-18-4-3-10(7-18)6-16-2/h5,10,16H,3-4,6-8H2,1-2H3. The molecule has 0 aromatic carbocycles. The van der Waals surface area contributed by atoms with Gasteiger partial charge in [0.2, 0.25) is 0 Å². The van der Waals surface area contributed by atoms with Gasteiger partial charge in [-0.15, -0.1) is 0 Å². The largest absolute Gasteiger partial charge is 0.319 e. The minimum Gasteiger partial charge on any atom is -0.319 e. The summed E-state index contributed by atoms with van der Waals surface area (Å²) >= 11 is 12.4. The maximum absolute atomic E-state index is 6.25. The number of nitrogens with one attached hydrogen (secondary N) is 1. The molecular weight excluding hydrogens is 269 g/mol. The van der Waals surface area contributed by atoms with E-state index in [1.165, 1.54) is 6.42 Å². The molecule has 1 saturated heterocycles. The van der Waals surface area contributed by atoms with Crippen molar-refractivity contribution in [3.63, 3.8) is 0 Å². The smallest absolute Gasteiger partial charge is 0.135 e.